The van der Waals surface area contributed by atoms with E-state index in [0.29, 0.717) is 19.5 Å². The van der Waals surface area contributed by atoms with Crippen molar-refractivity contribution in [1.82, 2.24) is 9.21 Å². The number of nitrogens with zero attached hydrogens (tertiary/aromatic N) is 2. The molecule has 1 rings (SSSR count). The summed E-state index contributed by atoms with van der Waals surface area (Å²) in [6.45, 7) is 4.08. The molecule has 1 saturated heterocycles. The molecule has 16 heavy (non-hydrogen) atoms. The van der Waals surface area contributed by atoms with Gasteiger partial charge in [-0.3, -0.25) is 0 Å². The van der Waals surface area contributed by atoms with Crippen molar-refractivity contribution in [2.75, 3.05) is 45.5 Å². The molecular weight excluding hydrogens is 226 g/mol. The molecule has 1 aliphatic heterocycles. The molecule has 1 fully saturated rings. The topological polar surface area (TPSA) is 66.6 Å². The summed E-state index contributed by atoms with van der Waals surface area (Å²) in [4.78, 5) is 2.31. The van der Waals surface area contributed by atoms with Crippen LogP contribution in [0.3, 0.4) is 0 Å². The summed E-state index contributed by atoms with van der Waals surface area (Å²) in [5.41, 5.74) is 5.32. The van der Waals surface area contributed by atoms with Gasteiger partial charge in [0.25, 0.3) is 0 Å². The Morgan fingerprint density at radius 2 is 1.94 bits per heavy atom. The van der Waals surface area contributed by atoms with Crippen molar-refractivity contribution in [3.05, 3.63) is 0 Å². The maximum absolute atomic E-state index is 11.7. The fraction of sp³-hybridized carbons (Fsp3) is 1.00. The van der Waals surface area contributed by atoms with Gasteiger partial charge in [-0.15, -0.1) is 0 Å². The molecule has 0 aromatic rings. The molecular formula is C10H23N3O2S. The monoisotopic (exact) mass is 249 g/mol. The molecule has 1 heterocycles. The van der Waals surface area contributed by atoms with Gasteiger partial charge in [-0.25, -0.2) is 12.7 Å². The van der Waals surface area contributed by atoms with E-state index in [1.165, 1.54) is 17.1 Å². The highest BCUT2D eigenvalue weighted by Crippen LogP contribution is 2.07. The Labute approximate surface area is 98.6 Å². The molecule has 0 aliphatic carbocycles. The highest BCUT2D eigenvalue weighted by atomic mass is 32.2. The molecule has 2 N–H and O–H groups in total. The largest absolute Gasteiger partial charge is 0.330 e. The number of likely N-dealkylation sites (tertiary alicyclic amines) is 1. The molecule has 0 radical (unpaired) electrons. The minimum absolute atomic E-state index is 0.167. The van der Waals surface area contributed by atoms with Crippen LogP contribution in [-0.2, 0) is 10.0 Å². The number of sulfonamides is 1. The maximum Gasteiger partial charge on any atom is 0.213 e. The first-order valence-electron chi connectivity index (χ1n) is 5.92. The van der Waals surface area contributed by atoms with Crippen LogP contribution in [0.15, 0.2) is 0 Å². The lowest BCUT2D eigenvalue weighted by atomic mass is 10.4. The summed E-state index contributed by atoms with van der Waals surface area (Å²) >= 11 is 0. The highest BCUT2D eigenvalue weighted by molar-refractivity contribution is 7.89. The fourth-order valence-electron chi connectivity index (χ4n) is 1.85. The van der Waals surface area contributed by atoms with Crippen LogP contribution >= 0.6 is 0 Å². The third-order valence-electron chi connectivity index (χ3n) is 3.01. The summed E-state index contributed by atoms with van der Waals surface area (Å²) in [5, 5.41) is 0. The van der Waals surface area contributed by atoms with Crippen molar-refractivity contribution in [1.29, 1.82) is 0 Å². The van der Waals surface area contributed by atoms with Crippen LogP contribution < -0.4 is 5.73 Å². The SMILES string of the molecule is CN(CCN1CCCC1)S(=O)(=O)CCCN. The van der Waals surface area contributed by atoms with Crippen LogP contribution in [-0.4, -0.2) is 63.1 Å². The van der Waals surface area contributed by atoms with E-state index in [9.17, 15) is 8.42 Å². The van der Waals surface area contributed by atoms with Gasteiger partial charge in [-0.2, -0.15) is 0 Å². The van der Waals surface area contributed by atoms with E-state index >= 15 is 0 Å². The first kappa shape index (κ1) is 13.9. The van der Waals surface area contributed by atoms with Crippen molar-refractivity contribution in [2.45, 2.75) is 19.3 Å². The highest BCUT2D eigenvalue weighted by Gasteiger charge is 2.18. The normalized spacial score (nSPS) is 18.4. The van der Waals surface area contributed by atoms with Crippen LogP contribution in [0.5, 0.6) is 0 Å². The third kappa shape index (κ3) is 4.37. The van der Waals surface area contributed by atoms with Gasteiger partial charge >= 0.3 is 0 Å². The summed E-state index contributed by atoms with van der Waals surface area (Å²) in [6.07, 6.45) is 3.02. The number of hydrogen-bond acceptors (Lipinski definition) is 4. The zero-order valence-corrected chi connectivity index (χ0v) is 10.9. The summed E-state index contributed by atoms with van der Waals surface area (Å²) in [6, 6.07) is 0. The standard InChI is InChI=1S/C10H23N3O2S/c1-12(16(14,15)10-4-5-11)8-9-13-6-2-3-7-13/h2-11H2,1H3. The Balaban J connectivity index is 2.29. The average molecular weight is 249 g/mol. The Kier molecular flexibility index (Phi) is 5.68. The van der Waals surface area contributed by atoms with Crippen molar-refractivity contribution in [2.24, 2.45) is 5.73 Å². The van der Waals surface area contributed by atoms with E-state index in [2.05, 4.69) is 4.90 Å². The molecule has 0 bridgehead atoms. The van der Waals surface area contributed by atoms with Crippen molar-refractivity contribution < 1.29 is 8.42 Å². The molecule has 5 nitrogen and oxygen atoms in total. The van der Waals surface area contributed by atoms with Crippen LogP contribution in [0.2, 0.25) is 0 Å². The van der Waals surface area contributed by atoms with Gasteiger partial charge in [0.05, 0.1) is 5.75 Å². The first-order chi connectivity index (χ1) is 7.56. The van der Waals surface area contributed by atoms with E-state index in [0.717, 1.165) is 19.6 Å². The van der Waals surface area contributed by atoms with Crippen LogP contribution in [0, 0.1) is 0 Å². The molecule has 0 atom stereocenters. The molecule has 0 spiro atoms. The van der Waals surface area contributed by atoms with E-state index in [-0.39, 0.29) is 5.75 Å². The maximum atomic E-state index is 11.7. The lowest BCUT2D eigenvalue weighted by molar-refractivity contribution is 0.310. The fourth-order valence-corrected chi connectivity index (χ4v) is 3.05. The number of nitrogens with two attached hydrogens (primary N) is 1. The molecule has 0 aromatic carbocycles. The van der Waals surface area contributed by atoms with Gasteiger partial charge in [0.15, 0.2) is 0 Å². The summed E-state index contributed by atoms with van der Waals surface area (Å²) in [5.74, 6) is 0.167. The Bertz CT molecular complexity index is 286. The van der Waals surface area contributed by atoms with E-state index in [1.54, 1.807) is 7.05 Å². The van der Waals surface area contributed by atoms with Gasteiger partial charge in [0, 0.05) is 20.1 Å². The number of likely N-dealkylation sites (N-methyl/N-ethyl adjacent to an activating group) is 1. The van der Waals surface area contributed by atoms with Gasteiger partial charge in [0.2, 0.25) is 10.0 Å². The van der Waals surface area contributed by atoms with Crippen molar-refractivity contribution >= 4 is 10.0 Å². The average Bonchev–Trinajstić information content (AvgIpc) is 2.75. The van der Waals surface area contributed by atoms with E-state index in [1.807, 2.05) is 0 Å². The molecule has 6 heteroatoms. The lowest BCUT2D eigenvalue weighted by Gasteiger charge is -2.21. The molecule has 0 amide bonds. The van der Waals surface area contributed by atoms with Gasteiger partial charge < -0.3 is 10.6 Å². The molecule has 0 unspecified atom stereocenters. The predicted molar refractivity (Wildman–Crippen MR) is 65.8 cm³/mol. The number of hydrogen-bond donors (Lipinski definition) is 1. The molecule has 0 saturated carbocycles. The smallest absolute Gasteiger partial charge is 0.213 e. The second-order valence-electron chi connectivity index (χ2n) is 4.33. The third-order valence-corrected chi connectivity index (χ3v) is 4.95. The zero-order valence-electron chi connectivity index (χ0n) is 10.1. The Morgan fingerprint density at radius 1 is 1.31 bits per heavy atom. The molecule has 0 aromatic heterocycles. The summed E-state index contributed by atoms with van der Waals surface area (Å²) < 4.78 is 25.0. The second kappa shape index (κ2) is 6.54. The van der Waals surface area contributed by atoms with Crippen molar-refractivity contribution in [3.8, 4) is 0 Å². The van der Waals surface area contributed by atoms with Crippen LogP contribution in [0.1, 0.15) is 19.3 Å². The van der Waals surface area contributed by atoms with Crippen LogP contribution in [0.4, 0.5) is 0 Å². The van der Waals surface area contributed by atoms with Crippen LogP contribution in [0.25, 0.3) is 0 Å². The minimum atomic E-state index is -3.09. The van der Waals surface area contributed by atoms with Gasteiger partial charge in [0.1, 0.15) is 0 Å². The molecule has 1 aliphatic rings. The second-order valence-corrected chi connectivity index (χ2v) is 6.52. The van der Waals surface area contributed by atoms with Gasteiger partial charge in [-0.1, -0.05) is 0 Å². The number of rotatable bonds is 7. The lowest BCUT2D eigenvalue weighted by Crippen LogP contribution is -2.36. The van der Waals surface area contributed by atoms with Crippen molar-refractivity contribution in [3.63, 3.8) is 0 Å². The van der Waals surface area contributed by atoms with E-state index in [4.69, 9.17) is 5.73 Å². The Morgan fingerprint density at radius 3 is 2.50 bits per heavy atom. The summed E-state index contributed by atoms with van der Waals surface area (Å²) in [7, 11) is -1.43. The Hall–Kier alpha value is -0.170. The zero-order chi connectivity index (χ0) is 12.0. The van der Waals surface area contributed by atoms with Gasteiger partial charge in [-0.05, 0) is 38.9 Å². The quantitative estimate of drug-likeness (QED) is 0.672. The first-order valence-corrected chi connectivity index (χ1v) is 7.53. The predicted octanol–water partition coefficient (Wildman–Crippen LogP) is -0.307. The molecule has 96 valence electrons. The minimum Gasteiger partial charge on any atom is -0.330 e. The van der Waals surface area contributed by atoms with E-state index < -0.39 is 10.0 Å².